The van der Waals surface area contributed by atoms with Crippen molar-refractivity contribution in [3.05, 3.63) is 101 Å². The van der Waals surface area contributed by atoms with Crippen molar-refractivity contribution >= 4 is 11.9 Å². The molecule has 0 radical (unpaired) electrons. The fourth-order valence-corrected chi connectivity index (χ4v) is 4.16. The number of carbonyl (C=O) groups excluding carboxylic acids is 1. The second-order valence-electron chi connectivity index (χ2n) is 8.21. The van der Waals surface area contributed by atoms with Gasteiger partial charge in [0.25, 0.3) is 0 Å². The van der Waals surface area contributed by atoms with E-state index in [1.807, 2.05) is 85.8 Å². The van der Waals surface area contributed by atoms with Gasteiger partial charge in [-0.1, -0.05) is 42.5 Å². The molecule has 176 valence electrons. The van der Waals surface area contributed by atoms with Gasteiger partial charge in [-0.25, -0.2) is 4.68 Å². The average Bonchev–Trinajstić information content (AvgIpc) is 3.31. The van der Waals surface area contributed by atoms with Crippen LogP contribution >= 0.6 is 0 Å². The van der Waals surface area contributed by atoms with Crippen molar-refractivity contribution in [2.75, 3.05) is 12.4 Å². The normalized spacial score (nSPS) is 14.7. The zero-order chi connectivity index (χ0) is 24.4. The van der Waals surface area contributed by atoms with E-state index in [0.29, 0.717) is 35.4 Å². The quantitative estimate of drug-likeness (QED) is 0.420. The van der Waals surface area contributed by atoms with Gasteiger partial charge in [0, 0.05) is 11.3 Å². The highest BCUT2D eigenvalue weighted by Crippen LogP contribution is 2.37. The molecule has 0 aliphatic carbocycles. The zero-order valence-corrected chi connectivity index (χ0v) is 19.4. The van der Waals surface area contributed by atoms with Crippen LogP contribution in [0.15, 0.2) is 90.1 Å². The third-order valence-electron chi connectivity index (χ3n) is 5.89. The molecular weight excluding hydrogens is 442 g/mol. The van der Waals surface area contributed by atoms with Gasteiger partial charge in [-0.3, -0.25) is 4.79 Å². The number of fused-ring (bicyclic) bond motifs is 1. The Hall–Kier alpha value is -4.59. The number of carbonyl (C=O) groups is 1. The molecule has 3 aromatic carbocycles. The first-order valence-electron chi connectivity index (χ1n) is 11.2. The lowest BCUT2D eigenvalue weighted by atomic mass is 9.95. The van der Waals surface area contributed by atoms with Crippen LogP contribution in [0.4, 0.5) is 5.95 Å². The van der Waals surface area contributed by atoms with Gasteiger partial charge in [-0.2, -0.15) is 4.98 Å². The van der Waals surface area contributed by atoms with Crippen LogP contribution in [0.2, 0.25) is 0 Å². The number of amides is 1. The first-order valence-corrected chi connectivity index (χ1v) is 11.2. The summed E-state index contributed by atoms with van der Waals surface area (Å²) < 4.78 is 13.0. The standard InChI is InChI=1S/C27H25N5O3/c1-17-23(25(28)33)24(20-9-6-10-22(15-20)35-16-18-7-4-3-5-8-18)32-27(29-17)30-26(31-32)19-11-13-21(34-2)14-12-19/h3-15,24H,16H2,1-2H3,(H2,28,33)(H,29,30,31). The van der Waals surface area contributed by atoms with Crippen LogP contribution in [0.5, 0.6) is 11.5 Å². The van der Waals surface area contributed by atoms with Gasteiger partial charge < -0.3 is 20.5 Å². The number of ether oxygens (including phenoxy) is 2. The lowest BCUT2D eigenvalue weighted by Crippen LogP contribution is -2.31. The number of hydrogen-bond acceptors (Lipinski definition) is 6. The van der Waals surface area contributed by atoms with E-state index >= 15 is 0 Å². The number of primary amides is 1. The number of hydrogen-bond donors (Lipinski definition) is 2. The Labute approximate surface area is 203 Å². The number of rotatable bonds is 7. The molecule has 0 saturated heterocycles. The molecule has 1 aliphatic rings. The van der Waals surface area contributed by atoms with Gasteiger partial charge >= 0.3 is 0 Å². The molecule has 35 heavy (non-hydrogen) atoms. The highest BCUT2D eigenvalue weighted by Gasteiger charge is 2.33. The van der Waals surface area contributed by atoms with E-state index in [-0.39, 0.29) is 0 Å². The lowest BCUT2D eigenvalue weighted by molar-refractivity contribution is -0.115. The van der Waals surface area contributed by atoms with Gasteiger partial charge in [0.2, 0.25) is 11.9 Å². The lowest BCUT2D eigenvalue weighted by Gasteiger charge is -2.27. The van der Waals surface area contributed by atoms with Crippen molar-refractivity contribution in [3.8, 4) is 22.9 Å². The molecule has 1 aromatic heterocycles. The highest BCUT2D eigenvalue weighted by molar-refractivity contribution is 5.95. The molecule has 0 spiro atoms. The number of allylic oxidation sites excluding steroid dienone is 1. The van der Waals surface area contributed by atoms with Gasteiger partial charge in [-0.05, 0) is 54.4 Å². The smallest absolute Gasteiger partial charge is 0.248 e. The third-order valence-corrected chi connectivity index (χ3v) is 5.89. The Morgan fingerprint density at radius 2 is 1.80 bits per heavy atom. The largest absolute Gasteiger partial charge is 0.497 e. The first kappa shape index (κ1) is 22.2. The Balaban J connectivity index is 1.52. The Kier molecular flexibility index (Phi) is 5.93. The summed E-state index contributed by atoms with van der Waals surface area (Å²) in [5.41, 5.74) is 9.59. The van der Waals surface area contributed by atoms with Crippen LogP contribution in [0, 0.1) is 0 Å². The van der Waals surface area contributed by atoms with Gasteiger partial charge in [0.1, 0.15) is 24.1 Å². The first-order chi connectivity index (χ1) is 17.0. The maximum Gasteiger partial charge on any atom is 0.248 e. The molecule has 1 unspecified atom stereocenters. The molecule has 2 heterocycles. The number of nitrogens with zero attached hydrogens (tertiary/aromatic N) is 3. The van der Waals surface area contributed by atoms with Crippen molar-refractivity contribution in [2.24, 2.45) is 5.73 Å². The summed E-state index contributed by atoms with van der Waals surface area (Å²) in [6, 6.07) is 24.5. The van der Waals surface area contributed by atoms with Crippen molar-refractivity contribution in [2.45, 2.75) is 19.6 Å². The van der Waals surface area contributed by atoms with Crippen LogP contribution < -0.4 is 20.5 Å². The molecular formula is C27H25N5O3. The molecule has 3 N–H and O–H groups in total. The fraction of sp³-hybridized carbons (Fsp3) is 0.148. The summed E-state index contributed by atoms with van der Waals surface area (Å²) >= 11 is 0. The molecule has 5 rings (SSSR count). The Morgan fingerprint density at radius 3 is 2.51 bits per heavy atom. The molecule has 0 bridgehead atoms. The van der Waals surface area contributed by atoms with Crippen molar-refractivity contribution in [3.63, 3.8) is 0 Å². The maximum absolute atomic E-state index is 12.5. The predicted molar refractivity (Wildman–Crippen MR) is 133 cm³/mol. The van der Waals surface area contributed by atoms with Gasteiger partial charge in [-0.15, -0.1) is 5.10 Å². The van der Waals surface area contributed by atoms with Crippen LogP contribution in [0.25, 0.3) is 11.4 Å². The molecule has 1 atom stereocenters. The molecule has 1 aliphatic heterocycles. The SMILES string of the molecule is COc1ccc(-c2nc3n(n2)C(c2cccc(OCc4ccccc4)c2)C(C(N)=O)=C(C)N3)cc1. The van der Waals surface area contributed by atoms with E-state index in [1.54, 1.807) is 11.8 Å². The van der Waals surface area contributed by atoms with E-state index in [1.165, 1.54) is 0 Å². The van der Waals surface area contributed by atoms with Crippen molar-refractivity contribution in [1.29, 1.82) is 0 Å². The average molecular weight is 468 g/mol. The number of methoxy groups -OCH3 is 1. The van der Waals surface area contributed by atoms with Crippen molar-refractivity contribution < 1.29 is 14.3 Å². The number of nitrogens with two attached hydrogens (primary N) is 1. The molecule has 0 saturated carbocycles. The van der Waals surface area contributed by atoms with Crippen LogP contribution in [0.1, 0.15) is 24.1 Å². The van der Waals surface area contributed by atoms with E-state index in [9.17, 15) is 4.79 Å². The van der Waals surface area contributed by atoms with Gasteiger partial charge in [0.05, 0.1) is 12.7 Å². The maximum atomic E-state index is 12.5. The third kappa shape index (κ3) is 4.46. The van der Waals surface area contributed by atoms with E-state index < -0.39 is 11.9 Å². The van der Waals surface area contributed by atoms with E-state index in [2.05, 4.69) is 10.3 Å². The van der Waals surface area contributed by atoms with Crippen LogP contribution in [-0.4, -0.2) is 27.8 Å². The van der Waals surface area contributed by atoms with Crippen molar-refractivity contribution in [1.82, 2.24) is 14.8 Å². The van der Waals surface area contributed by atoms with E-state index in [4.69, 9.17) is 20.3 Å². The van der Waals surface area contributed by atoms with Crippen LogP contribution in [0.3, 0.4) is 0 Å². The fourth-order valence-electron chi connectivity index (χ4n) is 4.16. The molecule has 4 aromatic rings. The molecule has 1 amide bonds. The summed E-state index contributed by atoms with van der Waals surface area (Å²) in [4.78, 5) is 17.2. The Morgan fingerprint density at radius 1 is 1.03 bits per heavy atom. The monoisotopic (exact) mass is 467 g/mol. The summed E-state index contributed by atoms with van der Waals surface area (Å²) in [5, 5.41) is 7.92. The number of nitrogens with one attached hydrogen (secondary N) is 1. The molecule has 8 nitrogen and oxygen atoms in total. The van der Waals surface area contributed by atoms with Gasteiger partial charge in [0.15, 0.2) is 5.82 Å². The molecule has 8 heteroatoms. The summed E-state index contributed by atoms with van der Waals surface area (Å²) in [6.45, 7) is 2.25. The highest BCUT2D eigenvalue weighted by atomic mass is 16.5. The summed E-state index contributed by atoms with van der Waals surface area (Å²) in [6.07, 6.45) is 0. The second kappa shape index (κ2) is 9.34. The molecule has 0 fully saturated rings. The number of anilines is 1. The topological polar surface area (TPSA) is 104 Å². The predicted octanol–water partition coefficient (Wildman–Crippen LogP) is 4.31. The number of benzene rings is 3. The van der Waals surface area contributed by atoms with Crippen LogP contribution in [-0.2, 0) is 11.4 Å². The zero-order valence-electron chi connectivity index (χ0n) is 19.4. The Bertz CT molecular complexity index is 1390. The summed E-state index contributed by atoms with van der Waals surface area (Å²) in [7, 11) is 1.62. The van der Waals surface area contributed by atoms with E-state index in [0.717, 1.165) is 22.4 Å². The minimum absolute atomic E-state index is 0.420. The minimum atomic E-state index is -0.552. The summed E-state index contributed by atoms with van der Waals surface area (Å²) in [5.74, 6) is 1.95. The minimum Gasteiger partial charge on any atom is -0.497 e. The number of aromatic nitrogens is 3. The second-order valence-corrected chi connectivity index (χ2v) is 8.21.